The zero-order valence-corrected chi connectivity index (χ0v) is 23.2. The van der Waals surface area contributed by atoms with Crippen LogP contribution in [0.15, 0.2) is 71.2 Å². The van der Waals surface area contributed by atoms with Crippen molar-refractivity contribution in [3.05, 3.63) is 93.2 Å². The lowest BCUT2D eigenvalue weighted by atomic mass is 9.96. The molecule has 200 valence electrons. The highest BCUT2D eigenvalue weighted by Crippen LogP contribution is 2.35. The number of carbonyl (C=O) groups excluding carboxylic acids is 2. The molecule has 1 heterocycles. The van der Waals surface area contributed by atoms with Gasteiger partial charge in [0, 0.05) is 36.1 Å². The van der Waals surface area contributed by atoms with Crippen molar-refractivity contribution < 1.29 is 28.6 Å². The Morgan fingerprint density at radius 2 is 1.92 bits per heavy atom. The molecule has 0 saturated carbocycles. The third-order valence-corrected chi connectivity index (χ3v) is 7.19. The number of β-amino-alcohol motifs (C(OH)–C–C–N with tert-alkyl or cyclic N) is 1. The highest BCUT2D eigenvalue weighted by Gasteiger charge is 2.51. The van der Waals surface area contributed by atoms with E-state index in [-0.39, 0.29) is 37.0 Å². The number of amides is 2. The summed E-state index contributed by atoms with van der Waals surface area (Å²) in [5.74, 6) is -0.137. The SMILES string of the molecule is CN(Cc1ccc(Br)cc1Oc1ccc(F)c(Cl)c1)C(=O)C1(C)CC(O)CN1C(=O)OCc1ccccc1. The van der Waals surface area contributed by atoms with Crippen LogP contribution in [0.4, 0.5) is 9.18 Å². The molecule has 1 aliphatic rings. The molecule has 7 nitrogen and oxygen atoms in total. The first kappa shape index (κ1) is 27.9. The van der Waals surface area contributed by atoms with Crippen molar-refractivity contribution in [2.24, 2.45) is 0 Å². The Hall–Kier alpha value is -3.14. The van der Waals surface area contributed by atoms with E-state index in [2.05, 4.69) is 15.9 Å². The van der Waals surface area contributed by atoms with Gasteiger partial charge < -0.3 is 19.5 Å². The Bertz CT molecular complexity index is 1330. The fourth-order valence-corrected chi connectivity index (χ4v) is 4.99. The van der Waals surface area contributed by atoms with E-state index in [0.717, 1.165) is 10.0 Å². The number of carbonyl (C=O) groups is 2. The Morgan fingerprint density at radius 1 is 1.18 bits per heavy atom. The summed E-state index contributed by atoms with van der Waals surface area (Å²) in [6.45, 7) is 1.82. The van der Waals surface area contributed by atoms with Gasteiger partial charge in [0.2, 0.25) is 5.91 Å². The van der Waals surface area contributed by atoms with E-state index in [4.69, 9.17) is 21.1 Å². The first-order valence-corrected chi connectivity index (χ1v) is 13.1. The Morgan fingerprint density at radius 3 is 2.63 bits per heavy atom. The maximum Gasteiger partial charge on any atom is 0.411 e. The van der Waals surface area contributed by atoms with Crippen molar-refractivity contribution >= 4 is 39.5 Å². The molecule has 0 aliphatic carbocycles. The van der Waals surface area contributed by atoms with Gasteiger partial charge in [-0.1, -0.05) is 63.9 Å². The van der Waals surface area contributed by atoms with Gasteiger partial charge in [0.15, 0.2) is 0 Å². The van der Waals surface area contributed by atoms with E-state index < -0.39 is 23.6 Å². The molecule has 0 radical (unpaired) electrons. The summed E-state index contributed by atoms with van der Waals surface area (Å²) in [5.41, 5.74) is 0.184. The number of rotatable bonds is 7. The summed E-state index contributed by atoms with van der Waals surface area (Å²) in [7, 11) is 1.62. The van der Waals surface area contributed by atoms with Crippen LogP contribution < -0.4 is 4.74 Å². The number of aliphatic hydroxyl groups excluding tert-OH is 1. The number of likely N-dealkylation sites (tertiary alicyclic amines) is 1. The van der Waals surface area contributed by atoms with E-state index in [9.17, 15) is 19.1 Å². The Balaban J connectivity index is 1.50. The average molecular weight is 606 g/mol. The number of hydrogen-bond acceptors (Lipinski definition) is 5. The summed E-state index contributed by atoms with van der Waals surface area (Å²) in [6, 6.07) is 18.6. The van der Waals surface area contributed by atoms with Crippen LogP contribution in [-0.4, -0.2) is 52.1 Å². The quantitative estimate of drug-likeness (QED) is 0.349. The minimum absolute atomic E-state index is 0.0122. The van der Waals surface area contributed by atoms with E-state index in [1.165, 1.54) is 28.0 Å². The highest BCUT2D eigenvalue weighted by atomic mass is 79.9. The fourth-order valence-electron chi connectivity index (χ4n) is 4.48. The van der Waals surface area contributed by atoms with E-state index in [1.807, 2.05) is 36.4 Å². The van der Waals surface area contributed by atoms with E-state index >= 15 is 0 Å². The molecule has 1 N–H and O–H groups in total. The molecule has 0 bridgehead atoms. The number of benzene rings is 3. The van der Waals surface area contributed by atoms with Gasteiger partial charge in [-0.2, -0.15) is 0 Å². The van der Waals surface area contributed by atoms with Gasteiger partial charge in [0.05, 0.1) is 17.7 Å². The molecule has 0 spiro atoms. The van der Waals surface area contributed by atoms with Crippen LogP contribution in [-0.2, 0) is 22.7 Å². The maximum atomic E-state index is 13.7. The maximum absolute atomic E-state index is 13.7. The Kier molecular flexibility index (Phi) is 8.60. The van der Waals surface area contributed by atoms with Crippen molar-refractivity contribution in [1.29, 1.82) is 0 Å². The molecule has 38 heavy (non-hydrogen) atoms. The summed E-state index contributed by atoms with van der Waals surface area (Å²) >= 11 is 9.32. The number of ether oxygens (including phenoxy) is 2. The minimum Gasteiger partial charge on any atom is -0.457 e. The monoisotopic (exact) mass is 604 g/mol. The number of likely N-dealkylation sites (N-methyl/N-ethyl adjacent to an activating group) is 1. The van der Waals surface area contributed by atoms with Gasteiger partial charge in [-0.15, -0.1) is 0 Å². The molecule has 4 rings (SSSR count). The zero-order valence-electron chi connectivity index (χ0n) is 20.9. The smallest absolute Gasteiger partial charge is 0.411 e. The molecule has 10 heteroatoms. The van der Waals surface area contributed by atoms with E-state index in [1.54, 1.807) is 26.1 Å². The molecule has 3 aromatic rings. The first-order chi connectivity index (χ1) is 18.1. The van der Waals surface area contributed by atoms with Crippen LogP contribution in [0.2, 0.25) is 5.02 Å². The van der Waals surface area contributed by atoms with Gasteiger partial charge in [0.25, 0.3) is 0 Å². The van der Waals surface area contributed by atoms with Crippen LogP contribution in [0.5, 0.6) is 11.5 Å². The number of nitrogens with zero attached hydrogens (tertiary/aromatic N) is 2. The normalized spacial score (nSPS) is 18.8. The van der Waals surface area contributed by atoms with Crippen molar-refractivity contribution in [2.45, 2.75) is 38.1 Å². The first-order valence-electron chi connectivity index (χ1n) is 11.9. The molecule has 2 unspecified atom stereocenters. The number of halogens is 3. The van der Waals surface area contributed by atoms with Gasteiger partial charge in [-0.05, 0) is 36.8 Å². The van der Waals surface area contributed by atoms with Crippen LogP contribution in [0.1, 0.15) is 24.5 Å². The van der Waals surface area contributed by atoms with Crippen molar-refractivity contribution in [3.63, 3.8) is 0 Å². The van der Waals surface area contributed by atoms with Crippen LogP contribution in [0.25, 0.3) is 0 Å². The summed E-state index contributed by atoms with van der Waals surface area (Å²) in [5, 5.41) is 10.3. The molecular formula is C28H27BrClFN2O5. The third kappa shape index (κ3) is 6.28. The predicted molar refractivity (Wildman–Crippen MR) is 144 cm³/mol. The standard InChI is InChI=1S/C28H27BrClFN2O5/c1-28(14-21(34)16-33(28)27(36)37-17-18-6-4-3-5-7-18)26(35)32(2)15-19-8-9-20(29)12-25(19)38-22-10-11-24(31)23(30)13-22/h3-13,21,34H,14-17H2,1-2H3. The number of aliphatic hydroxyl groups is 1. The molecule has 1 aliphatic heterocycles. The average Bonchev–Trinajstić information content (AvgIpc) is 3.21. The van der Waals surface area contributed by atoms with Crippen LogP contribution >= 0.6 is 27.5 Å². The fraction of sp³-hybridized carbons (Fsp3) is 0.286. The lowest BCUT2D eigenvalue weighted by Gasteiger charge is -2.36. The second-order valence-electron chi connectivity index (χ2n) is 9.37. The van der Waals surface area contributed by atoms with Crippen molar-refractivity contribution in [1.82, 2.24) is 9.80 Å². The highest BCUT2D eigenvalue weighted by molar-refractivity contribution is 9.10. The Labute approximate surface area is 233 Å². The topological polar surface area (TPSA) is 79.3 Å². The summed E-state index contributed by atoms with van der Waals surface area (Å²) < 4.78 is 25.8. The predicted octanol–water partition coefficient (Wildman–Crippen LogP) is 6.15. The molecule has 2 atom stereocenters. The molecule has 2 amide bonds. The second kappa shape index (κ2) is 11.7. The second-order valence-corrected chi connectivity index (χ2v) is 10.7. The third-order valence-electron chi connectivity index (χ3n) is 6.41. The molecule has 1 saturated heterocycles. The summed E-state index contributed by atoms with van der Waals surface area (Å²) in [6.07, 6.45) is -1.46. The molecule has 0 aromatic heterocycles. The van der Waals surface area contributed by atoms with Crippen molar-refractivity contribution in [2.75, 3.05) is 13.6 Å². The van der Waals surface area contributed by atoms with Crippen molar-refractivity contribution in [3.8, 4) is 11.5 Å². The molecule has 1 fully saturated rings. The van der Waals surface area contributed by atoms with E-state index in [0.29, 0.717) is 17.1 Å². The van der Waals surface area contributed by atoms with Gasteiger partial charge in [0.1, 0.15) is 29.5 Å². The molecule has 3 aromatic carbocycles. The largest absolute Gasteiger partial charge is 0.457 e. The minimum atomic E-state index is -1.30. The number of hydrogen-bond donors (Lipinski definition) is 1. The lowest BCUT2D eigenvalue weighted by Crippen LogP contribution is -2.55. The van der Waals surface area contributed by atoms with Gasteiger partial charge in [-0.25, -0.2) is 9.18 Å². The van der Waals surface area contributed by atoms with Crippen LogP contribution in [0.3, 0.4) is 0 Å². The van der Waals surface area contributed by atoms with Crippen LogP contribution in [0, 0.1) is 5.82 Å². The zero-order chi connectivity index (χ0) is 27.4. The summed E-state index contributed by atoms with van der Waals surface area (Å²) in [4.78, 5) is 29.4. The lowest BCUT2D eigenvalue weighted by molar-refractivity contribution is -0.140. The van der Waals surface area contributed by atoms with Gasteiger partial charge in [-0.3, -0.25) is 9.69 Å². The molecular weight excluding hydrogens is 579 g/mol. The van der Waals surface area contributed by atoms with Gasteiger partial charge >= 0.3 is 6.09 Å².